The number of fused-ring (bicyclic) bond motifs is 1. The van der Waals surface area contributed by atoms with Gasteiger partial charge in [0.1, 0.15) is 0 Å². The van der Waals surface area contributed by atoms with E-state index in [9.17, 15) is 0 Å². The molecule has 9 heavy (non-hydrogen) atoms. The third kappa shape index (κ3) is 0.833. The lowest BCUT2D eigenvalue weighted by molar-refractivity contribution is 0.0242. The van der Waals surface area contributed by atoms with E-state index in [0.29, 0.717) is 6.04 Å². The fourth-order valence-corrected chi connectivity index (χ4v) is 1.32. The number of morpholine rings is 1. The number of ether oxygens (including phenoxy) is 1. The average molecular weight is 124 g/mol. The molecule has 2 aliphatic rings. The Hall–Kier alpha value is -0.500. The Morgan fingerprint density at radius 3 is 3.56 bits per heavy atom. The van der Waals surface area contributed by atoms with Crippen LogP contribution in [0.1, 0.15) is 6.42 Å². The van der Waals surface area contributed by atoms with E-state index in [1.807, 2.05) is 0 Å². The summed E-state index contributed by atoms with van der Waals surface area (Å²) in [5.74, 6) is 0. The van der Waals surface area contributed by atoms with Gasteiger partial charge < -0.3 is 9.64 Å². The topological polar surface area (TPSA) is 12.5 Å². The average Bonchev–Trinajstić information content (AvgIpc) is 2.33. The Kier molecular flexibility index (Phi) is 1.19. The second-order valence-corrected chi connectivity index (χ2v) is 2.50. The van der Waals surface area contributed by atoms with Crippen molar-refractivity contribution in [2.24, 2.45) is 0 Å². The van der Waals surface area contributed by atoms with Crippen LogP contribution in [0, 0.1) is 6.08 Å². The largest absolute Gasteiger partial charge is 0.377 e. The summed E-state index contributed by atoms with van der Waals surface area (Å²) in [6, 6.07) is 0.610. The van der Waals surface area contributed by atoms with Crippen molar-refractivity contribution in [3.8, 4) is 0 Å². The molecule has 0 bridgehead atoms. The minimum absolute atomic E-state index is 0.610. The molecule has 2 rings (SSSR count). The van der Waals surface area contributed by atoms with Crippen LogP contribution in [-0.2, 0) is 4.74 Å². The van der Waals surface area contributed by atoms with Crippen LogP contribution in [0.2, 0.25) is 0 Å². The third-order valence-corrected chi connectivity index (χ3v) is 1.88. The SMILES string of the molecule is [C]1=CN2CCOCC2C1. The highest BCUT2D eigenvalue weighted by atomic mass is 16.5. The first kappa shape index (κ1) is 5.30. The molecular weight excluding hydrogens is 114 g/mol. The normalized spacial score (nSPS) is 32.9. The number of rotatable bonds is 0. The second-order valence-electron chi connectivity index (χ2n) is 2.50. The molecule has 1 unspecified atom stereocenters. The third-order valence-electron chi connectivity index (χ3n) is 1.88. The van der Waals surface area contributed by atoms with Crippen LogP contribution in [0.5, 0.6) is 0 Å². The van der Waals surface area contributed by atoms with Gasteiger partial charge in [0.2, 0.25) is 0 Å². The van der Waals surface area contributed by atoms with Crippen LogP contribution >= 0.6 is 0 Å². The van der Waals surface area contributed by atoms with Crippen molar-refractivity contribution in [3.63, 3.8) is 0 Å². The molecule has 49 valence electrons. The zero-order valence-corrected chi connectivity index (χ0v) is 5.34. The van der Waals surface area contributed by atoms with Crippen LogP contribution < -0.4 is 0 Å². The van der Waals surface area contributed by atoms with E-state index in [0.717, 1.165) is 26.2 Å². The van der Waals surface area contributed by atoms with E-state index in [-0.39, 0.29) is 0 Å². The van der Waals surface area contributed by atoms with Crippen LogP contribution in [0.4, 0.5) is 0 Å². The minimum Gasteiger partial charge on any atom is -0.377 e. The molecule has 0 saturated carbocycles. The summed E-state index contributed by atoms with van der Waals surface area (Å²) >= 11 is 0. The van der Waals surface area contributed by atoms with Gasteiger partial charge in [-0.05, 0) is 12.5 Å². The van der Waals surface area contributed by atoms with Crippen molar-refractivity contribution >= 4 is 0 Å². The summed E-state index contributed by atoms with van der Waals surface area (Å²) in [6.45, 7) is 2.83. The summed E-state index contributed by atoms with van der Waals surface area (Å²) in [5, 5.41) is 0. The smallest absolute Gasteiger partial charge is 0.0673 e. The molecule has 0 aromatic rings. The zero-order chi connectivity index (χ0) is 6.10. The predicted octanol–water partition coefficient (Wildman–Crippen LogP) is 0.408. The molecule has 0 spiro atoms. The first-order valence-electron chi connectivity index (χ1n) is 3.37. The summed E-state index contributed by atoms with van der Waals surface area (Å²) in [6.07, 6.45) is 6.30. The molecule has 0 aliphatic carbocycles. The molecule has 1 radical (unpaired) electrons. The maximum atomic E-state index is 5.28. The summed E-state index contributed by atoms with van der Waals surface area (Å²) in [7, 11) is 0. The maximum absolute atomic E-state index is 5.28. The molecular formula is C7H10NO. The van der Waals surface area contributed by atoms with E-state index in [1.165, 1.54) is 0 Å². The second kappa shape index (κ2) is 2.03. The lowest BCUT2D eigenvalue weighted by Crippen LogP contribution is -2.38. The van der Waals surface area contributed by atoms with Crippen molar-refractivity contribution in [2.75, 3.05) is 19.8 Å². The summed E-state index contributed by atoms with van der Waals surface area (Å²) < 4.78 is 5.28. The Morgan fingerprint density at radius 2 is 2.67 bits per heavy atom. The number of hydrogen-bond acceptors (Lipinski definition) is 2. The molecule has 1 fully saturated rings. The fraction of sp³-hybridized carbons (Fsp3) is 0.714. The summed E-state index contributed by atoms with van der Waals surface area (Å²) in [5.41, 5.74) is 0. The zero-order valence-electron chi connectivity index (χ0n) is 5.34. The van der Waals surface area contributed by atoms with Crippen molar-refractivity contribution in [1.29, 1.82) is 0 Å². The summed E-state index contributed by atoms with van der Waals surface area (Å²) in [4.78, 5) is 2.31. The fourth-order valence-electron chi connectivity index (χ4n) is 1.32. The van der Waals surface area contributed by atoms with Crippen molar-refractivity contribution in [3.05, 3.63) is 12.3 Å². The molecule has 1 saturated heterocycles. The molecule has 0 aromatic carbocycles. The van der Waals surface area contributed by atoms with Gasteiger partial charge in [0.05, 0.1) is 19.3 Å². The highest BCUT2D eigenvalue weighted by molar-refractivity contribution is 4.93. The van der Waals surface area contributed by atoms with Crippen LogP contribution in [0.25, 0.3) is 0 Å². The molecule has 1 atom stereocenters. The number of hydrogen-bond donors (Lipinski definition) is 0. The Morgan fingerprint density at radius 1 is 1.67 bits per heavy atom. The van der Waals surface area contributed by atoms with Crippen LogP contribution in [0.15, 0.2) is 6.20 Å². The quantitative estimate of drug-likeness (QED) is 0.463. The van der Waals surface area contributed by atoms with Gasteiger partial charge in [-0.3, -0.25) is 0 Å². The van der Waals surface area contributed by atoms with Crippen molar-refractivity contribution in [2.45, 2.75) is 12.5 Å². The first-order chi connectivity index (χ1) is 4.47. The van der Waals surface area contributed by atoms with Gasteiger partial charge in [-0.25, -0.2) is 0 Å². The minimum atomic E-state index is 0.610. The van der Waals surface area contributed by atoms with Gasteiger partial charge >= 0.3 is 0 Å². The van der Waals surface area contributed by atoms with E-state index in [1.54, 1.807) is 0 Å². The van der Waals surface area contributed by atoms with Gasteiger partial charge in [-0.15, -0.1) is 0 Å². The van der Waals surface area contributed by atoms with Crippen molar-refractivity contribution in [1.82, 2.24) is 4.90 Å². The molecule has 2 aliphatic heterocycles. The van der Waals surface area contributed by atoms with E-state index < -0.39 is 0 Å². The van der Waals surface area contributed by atoms with Gasteiger partial charge in [0.15, 0.2) is 0 Å². The Bertz CT molecular complexity index is 133. The number of nitrogens with zero attached hydrogens (tertiary/aromatic N) is 1. The van der Waals surface area contributed by atoms with Crippen LogP contribution in [-0.4, -0.2) is 30.7 Å². The molecule has 0 N–H and O–H groups in total. The van der Waals surface area contributed by atoms with Gasteiger partial charge in [-0.2, -0.15) is 0 Å². The highest BCUT2D eigenvalue weighted by Gasteiger charge is 2.22. The predicted molar refractivity (Wildman–Crippen MR) is 33.7 cm³/mol. The van der Waals surface area contributed by atoms with Gasteiger partial charge in [0.25, 0.3) is 0 Å². The lowest BCUT2D eigenvalue weighted by Gasteiger charge is -2.29. The Balaban J connectivity index is 2.03. The molecule has 0 amide bonds. The molecule has 0 aromatic heterocycles. The van der Waals surface area contributed by atoms with Crippen molar-refractivity contribution < 1.29 is 4.74 Å². The molecule has 2 heterocycles. The standard InChI is InChI=1S/C7H10NO/c1-2-7-6-9-5-4-8(7)3-1/h3,7H,2,4-6H2. The van der Waals surface area contributed by atoms with Crippen LogP contribution in [0.3, 0.4) is 0 Å². The van der Waals surface area contributed by atoms with E-state index in [4.69, 9.17) is 4.74 Å². The highest BCUT2D eigenvalue weighted by Crippen LogP contribution is 2.16. The molecule has 2 heteroatoms. The monoisotopic (exact) mass is 124 g/mol. The Labute approximate surface area is 55.1 Å². The lowest BCUT2D eigenvalue weighted by atomic mass is 10.2. The van der Waals surface area contributed by atoms with Gasteiger partial charge in [-0.1, -0.05) is 0 Å². The van der Waals surface area contributed by atoms with Gasteiger partial charge in [0, 0.05) is 12.7 Å². The first-order valence-corrected chi connectivity index (χ1v) is 3.37. The van der Waals surface area contributed by atoms with E-state index >= 15 is 0 Å². The van der Waals surface area contributed by atoms with E-state index in [2.05, 4.69) is 17.2 Å². The molecule has 2 nitrogen and oxygen atoms in total. The maximum Gasteiger partial charge on any atom is 0.0673 e.